The SMILES string of the molecule is CCn1c(C2COc3ccccc3O2)nc2ccc(-c3ccnc(N)n3)cc21.O=C(O)C(F)(F)F.O=C(O)C(F)(F)F. The van der Waals surface area contributed by atoms with Crippen molar-refractivity contribution in [1.29, 1.82) is 0 Å². The Morgan fingerprint density at radius 1 is 0.976 bits per heavy atom. The Morgan fingerprint density at radius 3 is 2.12 bits per heavy atom. The molecule has 17 heteroatoms. The molecule has 5 rings (SSSR count). The van der Waals surface area contributed by atoms with E-state index in [1.54, 1.807) is 6.20 Å². The molecule has 1 aliphatic rings. The molecule has 3 heterocycles. The maximum atomic E-state index is 10.6. The monoisotopic (exact) mass is 601 g/mol. The van der Waals surface area contributed by atoms with E-state index >= 15 is 0 Å². The van der Waals surface area contributed by atoms with Crippen LogP contribution in [0.4, 0.5) is 32.3 Å². The first-order valence-corrected chi connectivity index (χ1v) is 11.7. The van der Waals surface area contributed by atoms with Gasteiger partial charge in [0.05, 0.1) is 16.7 Å². The third kappa shape index (κ3) is 7.76. The average molecular weight is 601 g/mol. The van der Waals surface area contributed by atoms with Crippen molar-refractivity contribution in [2.24, 2.45) is 0 Å². The minimum Gasteiger partial charge on any atom is -0.485 e. The smallest absolute Gasteiger partial charge is 0.485 e. The first-order chi connectivity index (χ1) is 19.6. The van der Waals surface area contributed by atoms with Crippen LogP contribution >= 0.6 is 0 Å². The Morgan fingerprint density at radius 2 is 1.57 bits per heavy atom. The number of nitrogen functional groups attached to an aromatic ring is 1. The van der Waals surface area contributed by atoms with Gasteiger partial charge in [0.25, 0.3) is 0 Å². The molecule has 0 saturated carbocycles. The van der Waals surface area contributed by atoms with Crippen LogP contribution in [0.1, 0.15) is 18.9 Å². The highest BCUT2D eigenvalue weighted by Gasteiger charge is 2.39. The Hall–Kier alpha value is -5.09. The summed E-state index contributed by atoms with van der Waals surface area (Å²) < 4.78 is 77.7. The number of alkyl halides is 6. The Bertz CT molecular complexity index is 1550. The quantitative estimate of drug-likeness (QED) is 0.276. The van der Waals surface area contributed by atoms with Crippen molar-refractivity contribution >= 4 is 28.9 Å². The van der Waals surface area contributed by atoms with Crippen molar-refractivity contribution < 1.29 is 55.6 Å². The van der Waals surface area contributed by atoms with Crippen LogP contribution in [0.5, 0.6) is 11.5 Å². The van der Waals surface area contributed by atoms with Crippen molar-refractivity contribution in [3.05, 3.63) is 60.6 Å². The van der Waals surface area contributed by atoms with E-state index < -0.39 is 24.3 Å². The molecule has 11 nitrogen and oxygen atoms in total. The zero-order chi connectivity index (χ0) is 31.2. The molecule has 2 aromatic heterocycles. The normalized spacial score (nSPS) is 14.2. The number of benzene rings is 2. The van der Waals surface area contributed by atoms with Crippen LogP contribution in [0.2, 0.25) is 0 Å². The van der Waals surface area contributed by atoms with Gasteiger partial charge in [-0.05, 0) is 37.3 Å². The molecular weight excluding hydrogens is 580 g/mol. The third-order valence-corrected chi connectivity index (χ3v) is 5.35. The molecule has 2 aromatic carbocycles. The number of carbonyl (C=O) groups is 2. The predicted octanol–water partition coefficient (Wildman–Crippen LogP) is 4.87. The lowest BCUT2D eigenvalue weighted by molar-refractivity contribution is -0.193. The van der Waals surface area contributed by atoms with E-state index in [-0.39, 0.29) is 12.1 Å². The number of aliphatic carboxylic acids is 2. The van der Waals surface area contributed by atoms with E-state index in [1.807, 2.05) is 42.5 Å². The number of carboxylic acids is 2. The Labute approximate surface area is 232 Å². The number of aryl methyl sites for hydroxylation is 1. The number of nitrogens with two attached hydrogens (primary N) is 1. The van der Waals surface area contributed by atoms with E-state index in [2.05, 4.69) is 27.5 Å². The molecule has 0 radical (unpaired) electrons. The molecule has 1 aliphatic heterocycles. The maximum Gasteiger partial charge on any atom is 0.490 e. The van der Waals surface area contributed by atoms with Crippen molar-refractivity contribution in [2.75, 3.05) is 12.3 Å². The molecule has 0 amide bonds. The molecule has 0 fully saturated rings. The molecule has 1 unspecified atom stereocenters. The Balaban J connectivity index is 0.000000289. The lowest BCUT2D eigenvalue weighted by Gasteiger charge is -2.26. The first-order valence-electron chi connectivity index (χ1n) is 11.7. The number of hydrogen-bond acceptors (Lipinski definition) is 8. The lowest BCUT2D eigenvalue weighted by atomic mass is 10.1. The summed E-state index contributed by atoms with van der Waals surface area (Å²) in [5.41, 5.74) is 9.42. The van der Waals surface area contributed by atoms with Gasteiger partial charge in [-0.25, -0.2) is 24.5 Å². The van der Waals surface area contributed by atoms with Gasteiger partial charge in [0.2, 0.25) is 5.95 Å². The summed E-state index contributed by atoms with van der Waals surface area (Å²) in [7, 11) is 0. The molecule has 0 bridgehead atoms. The topological polar surface area (TPSA) is 163 Å². The van der Waals surface area contributed by atoms with Crippen molar-refractivity contribution in [3.63, 3.8) is 0 Å². The van der Waals surface area contributed by atoms with Crippen LogP contribution in [-0.4, -0.2) is 60.6 Å². The standard InChI is InChI=1S/C21H19N5O2.2C2HF3O2/c1-2-26-16-11-13(14-9-10-23-21(22)25-14)7-8-15(16)24-20(26)19-12-27-17-5-3-4-6-18(17)28-19;2*3-2(4,5)1(6)7/h3-11,19H,2,12H2,1H3,(H2,22,23,25);2*(H,6,7). The van der Waals surface area contributed by atoms with Crippen LogP contribution in [0.25, 0.3) is 22.3 Å². The Kier molecular flexibility index (Phi) is 9.44. The number of hydrogen-bond donors (Lipinski definition) is 3. The van der Waals surface area contributed by atoms with E-state index in [0.29, 0.717) is 6.61 Å². The number of rotatable bonds is 3. The second-order valence-corrected chi connectivity index (χ2v) is 8.19. The van der Waals surface area contributed by atoms with Crippen LogP contribution in [0.15, 0.2) is 54.7 Å². The van der Waals surface area contributed by atoms with Crippen molar-refractivity contribution in [2.45, 2.75) is 31.9 Å². The fraction of sp³-hybridized carbons (Fsp3) is 0.240. The molecule has 1 atom stereocenters. The molecule has 42 heavy (non-hydrogen) atoms. The fourth-order valence-corrected chi connectivity index (χ4v) is 3.56. The molecule has 224 valence electrons. The summed E-state index contributed by atoms with van der Waals surface area (Å²) in [4.78, 5) is 30.9. The number of aromatic nitrogens is 4. The van der Waals surface area contributed by atoms with Crippen LogP contribution < -0.4 is 15.2 Å². The van der Waals surface area contributed by atoms with Gasteiger partial charge < -0.3 is 30.0 Å². The van der Waals surface area contributed by atoms with Crippen LogP contribution in [0, 0.1) is 0 Å². The second kappa shape index (κ2) is 12.6. The maximum absolute atomic E-state index is 10.6. The van der Waals surface area contributed by atoms with Gasteiger partial charge in [0.15, 0.2) is 23.4 Å². The summed E-state index contributed by atoms with van der Waals surface area (Å²) in [5.74, 6) is -2.90. The molecule has 0 spiro atoms. The summed E-state index contributed by atoms with van der Waals surface area (Å²) in [6.45, 7) is 3.29. The fourth-order valence-electron chi connectivity index (χ4n) is 3.56. The van der Waals surface area contributed by atoms with Gasteiger partial charge >= 0.3 is 24.3 Å². The summed E-state index contributed by atoms with van der Waals surface area (Å²) in [6, 6.07) is 15.6. The number of imidazole rings is 1. The molecule has 4 aromatic rings. The number of para-hydroxylation sites is 2. The molecule has 4 N–H and O–H groups in total. The minimum absolute atomic E-state index is 0.258. The number of anilines is 1. The van der Waals surface area contributed by atoms with E-state index in [9.17, 15) is 26.3 Å². The second-order valence-electron chi connectivity index (χ2n) is 8.19. The highest BCUT2D eigenvalue weighted by Crippen LogP contribution is 2.36. The minimum atomic E-state index is -5.08. The van der Waals surface area contributed by atoms with Crippen molar-refractivity contribution in [1.82, 2.24) is 19.5 Å². The van der Waals surface area contributed by atoms with Gasteiger partial charge in [0.1, 0.15) is 6.61 Å². The van der Waals surface area contributed by atoms with Gasteiger partial charge in [-0.15, -0.1) is 0 Å². The summed E-state index contributed by atoms with van der Waals surface area (Å²) in [5, 5.41) is 14.2. The number of nitrogens with zero attached hydrogens (tertiary/aromatic N) is 4. The van der Waals surface area contributed by atoms with Crippen molar-refractivity contribution in [3.8, 4) is 22.8 Å². The van der Waals surface area contributed by atoms with E-state index in [1.165, 1.54) is 0 Å². The van der Waals surface area contributed by atoms with Gasteiger partial charge in [-0.3, -0.25) is 0 Å². The van der Waals surface area contributed by atoms with E-state index in [0.717, 1.165) is 46.2 Å². The largest absolute Gasteiger partial charge is 0.490 e. The van der Waals surface area contributed by atoms with Gasteiger partial charge in [0, 0.05) is 18.3 Å². The molecule has 0 aliphatic carbocycles. The molecule has 0 saturated heterocycles. The molecular formula is C25H21F6N5O6. The number of halogens is 6. The zero-order valence-electron chi connectivity index (χ0n) is 21.3. The summed E-state index contributed by atoms with van der Waals surface area (Å²) in [6.07, 6.45) is -8.77. The first kappa shape index (κ1) is 31.4. The number of ether oxygens (including phenoxy) is 2. The van der Waals surface area contributed by atoms with E-state index in [4.69, 9.17) is 40.0 Å². The third-order valence-electron chi connectivity index (χ3n) is 5.35. The lowest BCUT2D eigenvalue weighted by Crippen LogP contribution is -2.24. The number of fused-ring (bicyclic) bond motifs is 2. The van der Waals surface area contributed by atoms with Crippen LogP contribution in [0.3, 0.4) is 0 Å². The number of carboxylic acid groups (broad SMARTS) is 2. The van der Waals surface area contributed by atoms with Gasteiger partial charge in [-0.2, -0.15) is 26.3 Å². The van der Waals surface area contributed by atoms with Crippen LogP contribution in [-0.2, 0) is 16.1 Å². The zero-order valence-corrected chi connectivity index (χ0v) is 21.3. The highest BCUT2D eigenvalue weighted by molar-refractivity contribution is 5.82. The predicted molar refractivity (Wildman–Crippen MR) is 134 cm³/mol. The summed E-state index contributed by atoms with van der Waals surface area (Å²) >= 11 is 0. The van der Waals surface area contributed by atoms with Gasteiger partial charge in [-0.1, -0.05) is 18.2 Å². The average Bonchev–Trinajstić information content (AvgIpc) is 3.30. The highest BCUT2D eigenvalue weighted by atomic mass is 19.4.